The Balaban J connectivity index is 1.85. The van der Waals surface area contributed by atoms with Crippen molar-refractivity contribution in [2.45, 2.75) is 13.8 Å². The Kier molecular flexibility index (Phi) is 4.89. The highest BCUT2D eigenvalue weighted by Crippen LogP contribution is 2.26. The number of benzene rings is 2. The van der Waals surface area contributed by atoms with Gasteiger partial charge in [-0.25, -0.2) is 4.99 Å². The van der Waals surface area contributed by atoms with Gasteiger partial charge in [0, 0.05) is 17.8 Å². The van der Waals surface area contributed by atoms with E-state index in [2.05, 4.69) is 10.3 Å². The quantitative estimate of drug-likeness (QED) is 0.511. The average Bonchev–Trinajstić information content (AvgIpc) is 2.66. The highest BCUT2D eigenvalue weighted by molar-refractivity contribution is 5.70. The zero-order valence-electron chi connectivity index (χ0n) is 14.7. The van der Waals surface area contributed by atoms with E-state index in [0.29, 0.717) is 29.3 Å². The number of nitro groups is 1. The average molecular weight is 367 g/mol. The summed E-state index contributed by atoms with van der Waals surface area (Å²) in [7, 11) is 0. The number of nitrogens with zero attached hydrogens (tertiary/aromatic N) is 2. The van der Waals surface area contributed by atoms with E-state index >= 15 is 0 Å². The lowest BCUT2D eigenvalue weighted by Gasteiger charge is -2.12. The smallest absolute Gasteiger partial charge is 0.269 e. The molecule has 0 unspecified atom stereocenters. The molecule has 8 heteroatoms. The first-order valence-electron chi connectivity index (χ1n) is 8.22. The van der Waals surface area contributed by atoms with Crippen molar-refractivity contribution in [2.75, 3.05) is 11.9 Å². The minimum Gasteiger partial charge on any atom is -0.504 e. The van der Waals surface area contributed by atoms with Crippen LogP contribution in [0.2, 0.25) is 0 Å². The molecule has 0 saturated carbocycles. The maximum Gasteiger partial charge on any atom is 0.269 e. The zero-order valence-corrected chi connectivity index (χ0v) is 14.7. The van der Waals surface area contributed by atoms with Crippen LogP contribution in [0.5, 0.6) is 11.5 Å². The number of rotatable bonds is 6. The fraction of sp³-hybridized carbons (Fsp3) is 0.158. The molecule has 3 rings (SSSR count). The van der Waals surface area contributed by atoms with E-state index < -0.39 is 10.4 Å². The molecule has 0 heterocycles. The first-order valence-corrected chi connectivity index (χ1v) is 8.22. The van der Waals surface area contributed by atoms with Crippen LogP contribution in [0.4, 0.5) is 22.7 Å². The third-order valence-electron chi connectivity index (χ3n) is 3.96. The van der Waals surface area contributed by atoms with E-state index in [4.69, 9.17) is 4.74 Å². The van der Waals surface area contributed by atoms with Crippen LogP contribution in [-0.4, -0.2) is 16.6 Å². The largest absolute Gasteiger partial charge is 0.504 e. The Labute approximate surface area is 154 Å². The number of aryl methyl sites for hydroxylation is 1. The molecule has 0 aromatic heterocycles. The summed E-state index contributed by atoms with van der Waals surface area (Å²) in [6.45, 7) is 4.09. The van der Waals surface area contributed by atoms with E-state index in [0.717, 1.165) is 0 Å². The van der Waals surface area contributed by atoms with Crippen molar-refractivity contribution in [3.8, 4) is 11.5 Å². The minimum absolute atomic E-state index is 0.0532. The van der Waals surface area contributed by atoms with Crippen molar-refractivity contribution in [3.63, 3.8) is 0 Å². The molecule has 0 amide bonds. The molecule has 138 valence electrons. The molecule has 0 radical (unpaired) electrons. The molecular formula is C19H17N3O5. The second kappa shape index (κ2) is 7.28. The van der Waals surface area contributed by atoms with Gasteiger partial charge in [0.1, 0.15) is 11.4 Å². The molecule has 8 nitrogen and oxygen atoms in total. The van der Waals surface area contributed by atoms with Crippen LogP contribution in [0.25, 0.3) is 0 Å². The summed E-state index contributed by atoms with van der Waals surface area (Å²) in [5.74, 6) is 0.462. The molecular weight excluding hydrogens is 350 g/mol. The highest BCUT2D eigenvalue weighted by atomic mass is 16.6. The fourth-order valence-electron chi connectivity index (χ4n) is 2.55. The first kappa shape index (κ1) is 18.1. The third-order valence-corrected chi connectivity index (χ3v) is 3.96. The lowest BCUT2D eigenvalue weighted by atomic mass is 10.1. The molecule has 0 fully saturated rings. The molecule has 27 heavy (non-hydrogen) atoms. The number of hydrogen-bond donors (Lipinski definition) is 2. The molecule has 2 N–H and O–H groups in total. The van der Waals surface area contributed by atoms with Crippen molar-refractivity contribution >= 4 is 22.7 Å². The van der Waals surface area contributed by atoms with Gasteiger partial charge < -0.3 is 15.2 Å². The number of ether oxygens (including phenoxy) is 1. The number of hydrogen-bond acceptors (Lipinski definition) is 7. The van der Waals surface area contributed by atoms with Gasteiger partial charge in [0.05, 0.1) is 17.2 Å². The molecule has 0 spiro atoms. The van der Waals surface area contributed by atoms with E-state index in [1.54, 1.807) is 31.2 Å². The first-order chi connectivity index (χ1) is 12.9. The number of nitro benzene ring substituents is 1. The number of anilines is 2. The second-order valence-electron chi connectivity index (χ2n) is 5.82. The number of non-ortho nitro benzene ring substituents is 1. The third kappa shape index (κ3) is 3.64. The monoisotopic (exact) mass is 367 g/mol. The molecule has 0 aliphatic rings. The van der Waals surface area contributed by atoms with Gasteiger partial charge in [0.15, 0.2) is 11.1 Å². The van der Waals surface area contributed by atoms with E-state index in [9.17, 15) is 20.0 Å². The summed E-state index contributed by atoms with van der Waals surface area (Å²) >= 11 is 0. The van der Waals surface area contributed by atoms with Gasteiger partial charge in [-0.1, -0.05) is 0 Å². The van der Waals surface area contributed by atoms with Crippen molar-refractivity contribution in [2.24, 2.45) is 4.99 Å². The predicted molar refractivity (Wildman–Crippen MR) is 101 cm³/mol. The molecule has 0 aliphatic heterocycles. The van der Waals surface area contributed by atoms with Crippen molar-refractivity contribution in [1.29, 1.82) is 0 Å². The topological polar surface area (TPSA) is 114 Å². The summed E-state index contributed by atoms with van der Waals surface area (Å²) < 4.78 is 5.35. The van der Waals surface area contributed by atoms with Crippen LogP contribution < -0.4 is 20.8 Å². The molecule has 0 aliphatic carbocycles. The molecule has 0 saturated heterocycles. The predicted octanol–water partition coefficient (Wildman–Crippen LogP) is 3.22. The van der Waals surface area contributed by atoms with Crippen LogP contribution in [0, 0.1) is 17.0 Å². The van der Waals surface area contributed by atoms with Gasteiger partial charge in [-0.3, -0.25) is 14.9 Å². The van der Waals surface area contributed by atoms with E-state index in [1.165, 1.54) is 18.2 Å². The van der Waals surface area contributed by atoms with Crippen molar-refractivity contribution in [1.82, 2.24) is 0 Å². The minimum atomic E-state index is -0.505. The Morgan fingerprint density at radius 2 is 1.93 bits per heavy atom. The Hall–Kier alpha value is -3.68. The van der Waals surface area contributed by atoms with Gasteiger partial charge in [0.2, 0.25) is 5.43 Å². The SMILES string of the molecule is CCOc1ccc(Nc2c(O)c(=Nc3ccc([N+](=O)[O-])cc3C)c2=O)cc1. The van der Waals surface area contributed by atoms with Crippen molar-refractivity contribution < 1.29 is 14.8 Å². The standard InChI is InChI=1S/C19H17N3O5/c1-3-27-14-7-4-12(5-8-14)20-16-18(23)17(19(16)24)21-15-9-6-13(22(25)26)10-11(15)2/h4-10,20,23H,3H2,1-2H3. The molecule has 0 atom stereocenters. The molecule has 0 bridgehead atoms. The number of aromatic hydroxyl groups is 1. The normalized spacial score (nSPS) is 11.6. The van der Waals surface area contributed by atoms with Gasteiger partial charge in [-0.2, -0.15) is 0 Å². The maximum atomic E-state index is 12.3. The zero-order chi connectivity index (χ0) is 19.6. The summed E-state index contributed by atoms with van der Waals surface area (Å²) in [5.41, 5.74) is 1.10. The van der Waals surface area contributed by atoms with Gasteiger partial charge in [-0.05, 0) is 49.7 Å². The Morgan fingerprint density at radius 3 is 2.48 bits per heavy atom. The van der Waals surface area contributed by atoms with Crippen LogP contribution >= 0.6 is 0 Å². The lowest BCUT2D eigenvalue weighted by molar-refractivity contribution is -0.384. The number of nitrogens with one attached hydrogen (secondary N) is 1. The molecule has 3 aromatic rings. The second-order valence-corrected chi connectivity index (χ2v) is 5.82. The molecule has 3 aromatic carbocycles. The van der Waals surface area contributed by atoms with Gasteiger partial charge in [-0.15, -0.1) is 0 Å². The summed E-state index contributed by atoms with van der Waals surface area (Å²) in [6.07, 6.45) is 0. The summed E-state index contributed by atoms with van der Waals surface area (Å²) in [4.78, 5) is 26.7. The van der Waals surface area contributed by atoms with Crippen LogP contribution in [0.15, 0.2) is 52.3 Å². The maximum absolute atomic E-state index is 12.3. The summed E-state index contributed by atoms with van der Waals surface area (Å²) in [6, 6.07) is 11.1. The lowest BCUT2D eigenvalue weighted by Crippen LogP contribution is -2.33. The van der Waals surface area contributed by atoms with Crippen LogP contribution in [0.3, 0.4) is 0 Å². The summed E-state index contributed by atoms with van der Waals surface area (Å²) in [5, 5.41) is 23.7. The van der Waals surface area contributed by atoms with E-state index in [1.807, 2.05) is 6.92 Å². The highest BCUT2D eigenvalue weighted by Gasteiger charge is 2.19. The Bertz CT molecular complexity index is 1080. The fourth-order valence-corrected chi connectivity index (χ4v) is 2.55. The van der Waals surface area contributed by atoms with Gasteiger partial charge >= 0.3 is 0 Å². The Morgan fingerprint density at radius 1 is 1.22 bits per heavy atom. The van der Waals surface area contributed by atoms with E-state index in [-0.39, 0.29) is 22.5 Å². The van der Waals surface area contributed by atoms with Crippen LogP contribution in [-0.2, 0) is 0 Å². The van der Waals surface area contributed by atoms with Gasteiger partial charge in [0.25, 0.3) is 5.69 Å². The van der Waals surface area contributed by atoms with Crippen molar-refractivity contribution in [3.05, 3.63) is 73.7 Å². The van der Waals surface area contributed by atoms with Crippen LogP contribution in [0.1, 0.15) is 12.5 Å².